The van der Waals surface area contributed by atoms with Gasteiger partial charge in [0.05, 0.1) is 12.7 Å². The lowest BCUT2D eigenvalue weighted by Gasteiger charge is -2.25. The molecule has 0 bridgehead atoms. The number of ether oxygens (including phenoxy) is 1. The van der Waals surface area contributed by atoms with Crippen molar-refractivity contribution in [2.75, 3.05) is 6.61 Å². The van der Waals surface area contributed by atoms with E-state index in [-0.39, 0.29) is 18.4 Å². The number of hydrogen-bond acceptors (Lipinski definition) is 3. The third-order valence-electron chi connectivity index (χ3n) is 2.63. The SMILES string of the molecule is CC(C)NC(C)(C#N)CCOc1cccc(F)c1F. The van der Waals surface area contributed by atoms with E-state index in [1.54, 1.807) is 6.92 Å². The summed E-state index contributed by atoms with van der Waals surface area (Å²) in [6.45, 7) is 5.74. The molecule has 1 unspecified atom stereocenters. The highest BCUT2D eigenvalue weighted by atomic mass is 19.2. The smallest absolute Gasteiger partial charge is 0.200 e. The van der Waals surface area contributed by atoms with Crippen LogP contribution in [0.25, 0.3) is 0 Å². The van der Waals surface area contributed by atoms with Crippen molar-refractivity contribution in [1.82, 2.24) is 5.32 Å². The van der Waals surface area contributed by atoms with Crippen molar-refractivity contribution in [2.24, 2.45) is 0 Å². The van der Waals surface area contributed by atoms with Crippen molar-refractivity contribution in [3.8, 4) is 11.8 Å². The van der Waals surface area contributed by atoms with E-state index in [1.165, 1.54) is 12.1 Å². The molecule has 0 spiro atoms. The molecule has 0 radical (unpaired) electrons. The minimum absolute atomic E-state index is 0.129. The van der Waals surface area contributed by atoms with E-state index < -0.39 is 17.2 Å². The van der Waals surface area contributed by atoms with Crippen molar-refractivity contribution in [3.05, 3.63) is 29.8 Å². The predicted molar refractivity (Wildman–Crippen MR) is 68.8 cm³/mol. The fraction of sp³-hybridized carbons (Fsp3) is 0.500. The first-order valence-corrected chi connectivity index (χ1v) is 6.14. The second-order valence-electron chi connectivity index (χ2n) is 4.89. The number of halogens is 2. The molecule has 0 amide bonds. The zero-order chi connectivity index (χ0) is 14.5. The van der Waals surface area contributed by atoms with Crippen LogP contribution in [-0.2, 0) is 0 Å². The molecule has 0 aliphatic rings. The first kappa shape index (κ1) is 15.4. The van der Waals surface area contributed by atoms with Gasteiger partial charge in [-0.3, -0.25) is 5.32 Å². The van der Waals surface area contributed by atoms with Crippen LogP contribution in [0.3, 0.4) is 0 Å². The maximum atomic E-state index is 13.3. The summed E-state index contributed by atoms with van der Waals surface area (Å²) >= 11 is 0. The second kappa shape index (κ2) is 6.48. The largest absolute Gasteiger partial charge is 0.490 e. The van der Waals surface area contributed by atoms with Crippen LogP contribution in [0.2, 0.25) is 0 Å². The van der Waals surface area contributed by atoms with Gasteiger partial charge in [-0.25, -0.2) is 4.39 Å². The number of nitrogens with zero attached hydrogens (tertiary/aromatic N) is 1. The lowest BCUT2D eigenvalue weighted by molar-refractivity contribution is 0.248. The number of hydrogen-bond donors (Lipinski definition) is 1. The highest BCUT2D eigenvalue weighted by molar-refractivity contribution is 5.25. The Morgan fingerprint density at radius 3 is 2.68 bits per heavy atom. The Bertz CT molecular complexity index is 471. The van der Waals surface area contributed by atoms with Gasteiger partial charge in [0, 0.05) is 12.5 Å². The highest BCUT2D eigenvalue weighted by Crippen LogP contribution is 2.20. The number of nitrogens with one attached hydrogen (secondary N) is 1. The van der Waals surface area contributed by atoms with Crippen LogP contribution >= 0.6 is 0 Å². The van der Waals surface area contributed by atoms with E-state index in [9.17, 15) is 8.78 Å². The van der Waals surface area contributed by atoms with E-state index >= 15 is 0 Å². The fourth-order valence-electron chi connectivity index (χ4n) is 1.76. The van der Waals surface area contributed by atoms with Crippen molar-refractivity contribution in [1.29, 1.82) is 5.26 Å². The maximum absolute atomic E-state index is 13.3. The normalized spacial score (nSPS) is 13.9. The Balaban J connectivity index is 2.58. The molecule has 19 heavy (non-hydrogen) atoms. The Morgan fingerprint density at radius 2 is 2.11 bits per heavy atom. The average Bonchev–Trinajstić information content (AvgIpc) is 2.33. The standard InChI is InChI=1S/C14H18F2N2O/c1-10(2)18-14(3,9-17)7-8-19-12-6-4-5-11(15)13(12)16/h4-6,10,18H,7-8H2,1-3H3. The van der Waals surface area contributed by atoms with E-state index in [0.717, 1.165) is 6.07 Å². The average molecular weight is 268 g/mol. The van der Waals surface area contributed by atoms with Gasteiger partial charge >= 0.3 is 0 Å². The molecule has 1 aromatic carbocycles. The molecule has 0 saturated carbocycles. The van der Waals surface area contributed by atoms with Crippen LogP contribution in [-0.4, -0.2) is 18.2 Å². The van der Waals surface area contributed by atoms with Gasteiger partial charge in [0.2, 0.25) is 5.82 Å². The maximum Gasteiger partial charge on any atom is 0.200 e. The van der Waals surface area contributed by atoms with Gasteiger partial charge in [-0.05, 0) is 32.9 Å². The molecule has 0 aromatic heterocycles. The minimum atomic E-state index is -1.00. The summed E-state index contributed by atoms with van der Waals surface area (Å²) in [5, 5.41) is 12.2. The van der Waals surface area contributed by atoms with Crippen LogP contribution in [0.5, 0.6) is 5.75 Å². The molecule has 104 valence electrons. The molecule has 1 aromatic rings. The Labute approximate surface area is 112 Å². The molecule has 0 saturated heterocycles. The number of rotatable bonds is 6. The first-order chi connectivity index (χ1) is 8.88. The Hall–Kier alpha value is -1.67. The predicted octanol–water partition coefficient (Wildman–Crippen LogP) is 3.01. The van der Waals surface area contributed by atoms with Gasteiger partial charge in [0.25, 0.3) is 0 Å². The van der Waals surface area contributed by atoms with Crippen LogP contribution < -0.4 is 10.1 Å². The van der Waals surface area contributed by atoms with Crippen LogP contribution in [0.15, 0.2) is 18.2 Å². The first-order valence-electron chi connectivity index (χ1n) is 6.14. The Morgan fingerprint density at radius 1 is 1.42 bits per heavy atom. The summed E-state index contributed by atoms with van der Waals surface area (Å²) in [4.78, 5) is 0. The van der Waals surface area contributed by atoms with E-state index in [1.807, 2.05) is 13.8 Å². The summed E-state index contributed by atoms with van der Waals surface area (Å²) in [5.74, 6) is -2.08. The van der Waals surface area contributed by atoms with Crippen molar-refractivity contribution in [3.63, 3.8) is 0 Å². The van der Waals surface area contributed by atoms with E-state index in [2.05, 4.69) is 11.4 Å². The second-order valence-corrected chi connectivity index (χ2v) is 4.89. The topological polar surface area (TPSA) is 45.0 Å². The molecule has 1 rings (SSSR count). The lowest BCUT2D eigenvalue weighted by atomic mass is 9.99. The third-order valence-corrected chi connectivity index (χ3v) is 2.63. The summed E-state index contributed by atoms with van der Waals surface area (Å²) < 4.78 is 31.5. The number of nitriles is 1. The van der Waals surface area contributed by atoms with Gasteiger partial charge in [-0.15, -0.1) is 0 Å². The summed E-state index contributed by atoms with van der Waals surface area (Å²) in [6, 6.07) is 6.08. The molecule has 5 heteroatoms. The van der Waals surface area contributed by atoms with Gasteiger partial charge < -0.3 is 4.74 Å². The zero-order valence-corrected chi connectivity index (χ0v) is 11.3. The summed E-state index contributed by atoms with van der Waals surface area (Å²) in [5.41, 5.74) is -0.752. The molecular formula is C14H18F2N2O. The van der Waals surface area contributed by atoms with Gasteiger partial charge in [0.1, 0.15) is 5.54 Å². The van der Waals surface area contributed by atoms with Gasteiger partial charge in [-0.2, -0.15) is 9.65 Å². The van der Waals surface area contributed by atoms with Gasteiger partial charge in [0.15, 0.2) is 11.6 Å². The van der Waals surface area contributed by atoms with Gasteiger partial charge in [-0.1, -0.05) is 6.07 Å². The fourth-order valence-corrected chi connectivity index (χ4v) is 1.76. The monoisotopic (exact) mass is 268 g/mol. The molecule has 0 aliphatic heterocycles. The van der Waals surface area contributed by atoms with Crippen LogP contribution in [0, 0.1) is 23.0 Å². The molecule has 1 N–H and O–H groups in total. The zero-order valence-electron chi connectivity index (χ0n) is 11.3. The third kappa shape index (κ3) is 4.49. The summed E-state index contributed by atoms with van der Waals surface area (Å²) in [7, 11) is 0. The number of benzene rings is 1. The Kier molecular flexibility index (Phi) is 5.25. The van der Waals surface area contributed by atoms with Crippen LogP contribution in [0.1, 0.15) is 27.2 Å². The highest BCUT2D eigenvalue weighted by Gasteiger charge is 2.24. The summed E-state index contributed by atoms with van der Waals surface area (Å²) in [6.07, 6.45) is 0.373. The molecule has 1 atom stereocenters. The molecular weight excluding hydrogens is 250 g/mol. The molecule has 3 nitrogen and oxygen atoms in total. The molecule has 0 fully saturated rings. The minimum Gasteiger partial charge on any atom is -0.490 e. The van der Waals surface area contributed by atoms with E-state index in [0.29, 0.717) is 6.42 Å². The molecule has 0 heterocycles. The van der Waals surface area contributed by atoms with E-state index in [4.69, 9.17) is 10.00 Å². The quantitative estimate of drug-likeness (QED) is 0.862. The van der Waals surface area contributed by atoms with Crippen molar-refractivity contribution < 1.29 is 13.5 Å². The van der Waals surface area contributed by atoms with Crippen molar-refractivity contribution in [2.45, 2.75) is 38.8 Å². The molecule has 0 aliphatic carbocycles. The van der Waals surface area contributed by atoms with Crippen LogP contribution in [0.4, 0.5) is 8.78 Å². The van der Waals surface area contributed by atoms with Crippen molar-refractivity contribution >= 4 is 0 Å². The lowest BCUT2D eigenvalue weighted by Crippen LogP contribution is -2.45.